The molecule has 6 rings (SSSR count). The molecule has 0 saturated carbocycles. The lowest BCUT2D eigenvalue weighted by Crippen LogP contribution is -2.13. The summed E-state index contributed by atoms with van der Waals surface area (Å²) in [5, 5.41) is 17.2. The van der Waals surface area contributed by atoms with Gasteiger partial charge in [-0.1, -0.05) is 61.7 Å². The Labute approximate surface area is 383 Å². The van der Waals surface area contributed by atoms with Gasteiger partial charge in [-0.25, -0.2) is 19.2 Å². The van der Waals surface area contributed by atoms with Crippen LogP contribution in [0, 0.1) is 5.41 Å². The standard InChI is InChI=1S/C53H51N3O10/c1-3-49(57)63-31-15-7-5-13-29-61-41-25-21-37(22-26-41)52(59)65-47-34-40(36-55-56-51-45-19-11-9-17-43(45)44-18-10-12-20-46(44)51)48(33-39(47)35-54)66-53(60)38-23-27-42(28-24-38)62-30-14-6-8-16-32-64-50(58)4-2/h3-4,9-12,17-28,33-36,54H,1-2,5-8,13-16,29-32H2/b54-35?,55-36+. The van der Waals surface area contributed by atoms with Crippen molar-refractivity contribution >= 4 is 42.0 Å². The van der Waals surface area contributed by atoms with E-state index in [2.05, 4.69) is 23.4 Å². The number of fused-ring (bicyclic) bond motifs is 3. The second kappa shape index (κ2) is 24.8. The molecule has 13 nitrogen and oxygen atoms in total. The fourth-order valence-electron chi connectivity index (χ4n) is 6.88. The predicted octanol–water partition coefficient (Wildman–Crippen LogP) is 10.3. The zero-order valence-electron chi connectivity index (χ0n) is 36.6. The summed E-state index contributed by atoms with van der Waals surface area (Å²) in [5.74, 6) is -0.932. The van der Waals surface area contributed by atoms with Gasteiger partial charge in [0.1, 0.15) is 28.7 Å². The van der Waals surface area contributed by atoms with Crippen molar-refractivity contribution in [1.82, 2.24) is 0 Å². The normalized spacial score (nSPS) is 11.2. The number of benzene rings is 5. The maximum atomic E-state index is 13.6. The molecular formula is C53H51N3O10. The van der Waals surface area contributed by atoms with Gasteiger partial charge in [0.05, 0.1) is 43.8 Å². The van der Waals surface area contributed by atoms with Crippen molar-refractivity contribution in [3.8, 4) is 34.1 Å². The predicted molar refractivity (Wildman–Crippen MR) is 252 cm³/mol. The summed E-state index contributed by atoms with van der Waals surface area (Å²) in [6.07, 6.45) is 11.4. The van der Waals surface area contributed by atoms with Crippen molar-refractivity contribution in [3.63, 3.8) is 0 Å². The molecule has 1 N–H and O–H groups in total. The third kappa shape index (κ3) is 13.5. The van der Waals surface area contributed by atoms with Gasteiger partial charge in [0, 0.05) is 40.6 Å². The molecule has 13 heteroatoms. The molecule has 1 aliphatic carbocycles. The number of rotatable bonds is 25. The Morgan fingerprint density at radius 3 is 1.36 bits per heavy atom. The molecule has 0 heterocycles. The third-order valence-electron chi connectivity index (χ3n) is 10.3. The number of nitrogens with zero attached hydrogens (tertiary/aromatic N) is 2. The van der Waals surface area contributed by atoms with E-state index >= 15 is 0 Å². The second-order valence-electron chi connectivity index (χ2n) is 15.0. The second-order valence-corrected chi connectivity index (χ2v) is 15.0. The molecule has 0 fully saturated rings. The fraction of sp³-hybridized carbons (Fsp3) is 0.226. The minimum Gasteiger partial charge on any atom is -0.494 e. The quantitative estimate of drug-likeness (QED) is 0.0146. The first-order chi connectivity index (χ1) is 32.3. The molecule has 5 aromatic rings. The van der Waals surface area contributed by atoms with Gasteiger partial charge in [-0.2, -0.15) is 5.10 Å². The molecule has 0 atom stereocenters. The van der Waals surface area contributed by atoms with Gasteiger partial charge >= 0.3 is 23.9 Å². The number of ether oxygens (including phenoxy) is 6. The summed E-state index contributed by atoms with van der Waals surface area (Å²) in [6, 6.07) is 31.8. The summed E-state index contributed by atoms with van der Waals surface area (Å²) >= 11 is 0. The molecule has 338 valence electrons. The van der Waals surface area contributed by atoms with Crippen molar-refractivity contribution in [1.29, 1.82) is 5.41 Å². The maximum Gasteiger partial charge on any atom is 0.343 e. The SMILES string of the molecule is C=CC(=O)OCCCCCCOc1ccc(C(=O)Oc2cc(/C=N/N=C3c4ccccc4-c4ccccc43)c(OC(=O)c3ccc(OCCCCCCOC(=O)C=C)cc3)cc2C=N)cc1. The summed E-state index contributed by atoms with van der Waals surface area (Å²) in [6.45, 7) is 8.43. The first kappa shape index (κ1) is 47.5. The van der Waals surface area contributed by atoms with E-state index < -0.39 is 23.9 Å². The van der Waals surface area contributed by atoms with Crippen molar-refractivity contribution in [2.45, 2.75) is 51.4 Å². The van der Waals surface area contributed by atoms with Gasteiger partial charge in [-0.05, 0) is 123 Å². The molecule has 0 radical (unpaired) electrons. The maximum absolute atomic E-state index is 13.6. The van der Waals surface area contributed by atoms with E-state index in [0.717, 1.165) is 92.0 Å². The zero-order valence-corrected chi connectivity index (χ0v) is 36.6. The molecule has 0 spiro atoms. The van der Waals surface area contributed by atoms with Crippen LogP contribution < -0.4 is 18.9 Å². The number of carbonyl (C=O) groups is 4. The van der Waals surface area contributed by atoms with Gasteiger partial charge in [-0.15, -0.1) is 5.10 Å². The zero-order chi connectivity index (χ0) is 46.5. The van der Waals surface area contributed by atoms with Crippen LogP contribution in [-0.4, -0.2) is 68.4 Å². The van der Waals surface area contributed by atoms with E-state index in [1.54, 1.807) is 48.5 Å². The molecule has 0 aromatic heterocycles. The molecule has 0 saturated heterocycles. The fourth-order valence-corrected chi connectivity index (χ4v) is 6.88. The van der Waals surface area contributed by atoms with Gasteiger partial charge in [0.15, 0.2) is 0 Å². The van der Waals surface area contributed by atoms with E-state index in [9.17, 15) is 19.2 Å². The molecule has 66 heavy (non-hydrogen) atoms. The van der Waals surface area contributed by atoms with Crippen LogP contribution in [-0.2, 0) is 19.1 Å². The largest absolute Gasteiger partial charge is 0.494 e. The number of nitrogens with one attached hydrogen (secondary N) is 1. The Bertz CT molecular complexity index is 2530. The number of hydrogen-bond acceptors (Lipinski definition) is 13. The van der Waals surface area contributed by atoms with Crippen LogP contribution in [0.5, 0.6) is 23.0 Å². The lowest BCUT2D eigenvalue weighted by molar-refractivity contribution is -0.138. The van der Waals surface area contributed by atoms with Crippen LogP contribution in [0.2, 0.25) is 0 Å². The van der Waals surface area contributed by atoms with Crippen molar-refractivity contribution < 1.29 is 47.6 Å². The van der Waals surface area contributed by atoms with E-state index in [-0.39, 0.29) is 33.8 Å². The molecule has 0 amide bonds. The Morgan fingerprint density at radius 2 is 0.924 bits per heavy atom. The van der Waals surface area contributed by atoms with Gasteiger partial charge in [0.2, 0.25) is 0 Å². The summed E-state index contributed by atoms with van der Waals surface area (Å²) in [5.41, 5.74) is 5.53. The first-order valence-electron chi connectivity index (χ1n) is 21.7. The molecule has 1 aliphatic rings. The average molecular weight is 890 g/mol. The van der Waals surface area contributed by atoms with Crippen molar-refractivity contribution in [2.75, 3.05) is 26.4 Å². The molecular weight excluding hydrogens is 839 g/mol. The number of esters is 4. The van der Waals surface area contributed by atoms with E-state index in [0.29, 0.717) is 43.6 Å². The monoisotopic (exact) mass is 889 g/mol. The molecule has 0 bridgehead atoms. The highest BCUT2D eigenvalue weighted by molar-refractivity contribution is 6.24. The Hall–Kier alpha value is -7.93. The lowest BCUT2D eigenvalue weighted by Gasteiger charge is -2.13. The highest BCUT2D eigenvalue weighted by Gasteiger charge is 2.24. The number of carbonyl (C=O) groups excluding carboxylic acids is 4. The van der Waals surface area contributed by atoms with Crippen LogP contribution in [0.1, 0.15) is 94.3 Å². The van der Waals surface area contributed by atoms with Crippen LogP contribution >= 0.6 is 0 Å². The highest BCUT2D eigenvalue weighted by atomic mass is 16.5. The highest BCUT2D eigenvalue weighted by Crippen LogP contribution is 2.37. The third-order valence-corrected chi connectivity index (χ3v) is 10.3. The smallest absolute Gasteiger partial charge is 0.343 e. The van der Waals surface area contributed by atoms with Crippen LogP contribution in [0.4, 0.5) is 0 Å². The van der Waals surface area contributed by atoms with Gasteiger partial charge < -0.3 is 33.8 Å². The topological polar surface area (TPSA) is 172 Å². The minimum atomic E-state index is -0.678. The average Bonchev–Trinajstić information content (AvgIpc) is 3.66. The molecule has 0 aliphatic heterocycles. The van der Waals surface area contributed by atoms with Crippen LogP contribution in [0.25, 0.3) is 11.1 Å². The lowest BCUT2D eigenvalue weighted by atomic mass is 10.1. The number of unbranched alkanes of at least 4 members (excludes halogenated alkanes) is 6. The number of hydrogen-bond donors (Lipinski definition) is 1. The van der Waals surface area contributed by atoms with Crippen LogP contribution in [0.15, 0.2) is 145 Å². The van der Waals surface area contributed by atoms with Crippen molar-refractivity contribution in [2.24, 2.45) is 10.2 Å². The van der Waals surface area contributed by atoms with Crippen molar-refractivity contribution in [3.05, 3.63) is 168 Å². The van der Waals surface area contributed by atoms with E-state index in [4.69, 9.17) is 33.8 Å². The molecule has 0 unspecified atom stereocenters. The van der Waals surface area contributed by atoms with E-state index in [1.165, 1.54) is 18.3 Å². The summed E-state index contributed by atoms with van der Waals surface area (Å²) in [4.78, 5) is 49.4. The van der Waals surface area contributed by atoms with Gasteiger partial charge in [0.25, 0.3) is 0 Å². The summed E-state index contributed by atoms with van der Waals surface area (Å²) < 4.78 is 33.4. The Morgan fingerprint density at radius 1 is 0.515 bits per heavy atom. The Balaban J connectivity index is 1.13. The van der Waals surface area contributed by atoms with E-state index in [1.807, 2.05) is 48.5 Å². The summed E-state index contributed by atoms with van der Waals surface area (Å²) in [7, 11) is 0. The molecule has 5 aromatic carbocycles. The minimum absolute atomic E-state index is 0.0395. The Kier molecular flexibility index (Phi) is 17.9. The van der Waals surface area contributed by atoms with Gasteiger partial charge in [-0.3, -0.25) is 0 Å². The van der Waals surface area contributed by atoms with Crippen LogP contribution in [0.3, 0.4) is 0 Å². The first-order valence-corrected chi connectivity index (χ1v) is 21.7.